The number of hydrogen-bond donors (Lipinski definition) is 0. The SMILES string of the molecule is Clc1cccc(-c2cccnc2)c1-c1cccnc1. The van der Waals surface area contributed by atoms with Gasteiger partial charge in [-0.05, 0) is 23.8 Å². The van der Waals surface area contributed by atoms with Crippen molar-refractivity contribution in [1.82, 2.24) is 9.97 Å². The summed E-state index contributed by atoms with van der Waals surface area (Å²) in [5, 5.41) is 0.717. The van der Waals surface area contributed by atoms with Gasteiger partial charge in [-0.15, -0.1) is 0 Å². The van der Waals surface area contributed by atoms with Crippen molar-refractivity contribution in [3.8, 4) is 22.3 Å². The summed E-state index contributed by atoms with van der Waals surface area (Å²) in [6.45, 7) is 0. The van der Waals surface area contributed by atoms with Crippen LogP contribution < -0.4 is 0 Å². The summed E-state index contributed by atoms with van der Waals surface area (Å²) >= 11 is 6.37. The summed E-state index contributed by atoms with van der Waals surface area (Å²) < 4.78 is 0. The molecule has 3 rings (SSSR count). The van der Waals surface area contributed by atoms with Gasteiger partial charge < -0.3 is 0 Å². The fraction of sp³-hybridized carbons (Fsp3) is 0. The van der Waals surface area contributed by atoms with Gasteiger partial charge in [0, 0.05) is 46.5 Å². The average Bonchev–Trinajstić information content (AvgIpc) is 2.49. The van der Waals surface area contributed by atoms with E-state index in [0.717, 1.165) is 22.3 Å². The van der Waals surface area contributed by atoms with Gasteiger partial charge in [0.15, 0.2) is 0 Å². The fourth-order valence-corrected chi connectivity index (χ4v) is 2.37. The van der Waals surface area contributed by atoms with Crippen molar-refractivity contribution in [3.63, 3.8) is 0 Å². The molecule has 0 aliphatic rings. The van der Waals surface area contributed by atoms with E-state index in [-0.39, 0.29) is 0 Å². The molecule has 0 unspecified atom stereocenters. The highest BCUT2D eigenvalue weighted by molar-refractivity contribution is 6.34. The molecule has 92 valence electrons. The molecule has 0 amide bonds. The van der Waals surface area contributed by atoms with E-state index in [0.29, 0.717) is 5.02 Å². The third-order valence-corrected chi connectivity index (χ3v) is 3.25. The van der Waals surface area contributed by atoms with Crippen LogP contribution >= 0.6 is 11.6 Å². The molecule has 0 aliphatic carbocycles. The van der Waals surface area contributed by atoms with Crippen LogP contribution in [-0.4, -0.2) is 9.97 Å². The lowest BCUT2D eigenvalue weighted by atomic mass is 9.96. The second kappa shape index (κ2) is 5.21. The number of benzene rings is 1. The van der Waals surface area contributed by atoms with Crippen LogP contribution in [0.4, 0.5) is 0 Å². The van der Waals surface area contributed by atoms with Gasteiger partial charge in [-0.1, -0.05) is 35.9 Å². The summed E-state index contributed by atoms with van der Waals surface area (Å²) in [6, 6.07) is 13.8. The van der Waals surface area contributed by atoms with E-state index >= 15 is 0 Å². The molecule has 0 radical (unpaired) electrons. The first kappa shape index (κ1) is 11.9. The molecule has 3 heteroatoms. The molecule has 0 N–H and O–H groups in total. The first-order valence-electron chi connectivity index (χ1n) is 5.95. The maximum absolute atomic E-state index is 6.37. The Morgan fingerprint density at radius 3 is 2.05 bits per heavy atom. The van der Waals surface area contributed by atoms with E-state index < -0.39 is 0 Å². The zero-order chi connectivity index (χ0) is 13.1. The van der Waals surface area contributed by atoms with E-state index in [9.17, 15) is 0 Å². The minimum atomic E-state index is 0.717. The summed E-state index contributed by atoms with van der Waals surface area (Å²) in [5.41, 5.74) is 4.11. The Bertz CT molecular complexity index is 682. The normalized spacial score (nSPS) is 10.4. The van der Waals surface area contributed by atoms with E-state index in [1.54, 1.807) is 12.4 Å². The molecule has 1 aromatic carbocycles. The van der Waals surface area contributed by atoms with Gasteiger partial charge in [0.2, 0.25) is 0 Å². The van der Waals surface area contributed by atoms with Gasteiger partial charge in [-0.3, -0.25) is 9.97 Å². The molecule has 0 saturated heterocycles. The Hall–Kier alpha value is -2.19. The van der Waals surface area contributed by atoms with Crippen molar-refractivity contribution in [2.45, 2.75) is 0 Å². The lowest BCUT2D eigenvalue weighted by Gasteiger charge is -2.11. The van der Waals surface area contributed by atoms with Crippen LogP contribution in [0.15, 0.2) is 67.3 Å². The number of pyridine rings is 2. The lowest BCUT2D eigenvalue weighted by molar-refractivity contribution is 1.32. The van der Waals surface area contributed by atoms with Crippen LogP contribution in [0.2, 0.25) is 5.02 Å². The second-order valence-corrected chi connectivity index (χ2v) is 4.55. The Morgan fingerprint density at radius 1 is 0.737 bits per heavy atom. The van der Waals surface area contributed by atoms with E-state index in [2.05, 4.69) is 9.97 Å². The average molecular weight is 267 g/mol. The van der Waals surface area contributed by atoms with Crippen LogP contribution in [0.25, 0.3) is 22.3 Å². The van der Waals surface area contributed by atoms with E-state index in [1.165, 1.54) is 0 Å². The Kier molecular flexibility index (Phi) is 3.25. The zero-order valence-electron chi connectivity index (χ0n) is 10.1. The molecule has 0 saturated carbocycles. The van der Waals surface area contributed by atoms with E-state index in [1.807, 2.05) is 54.9 Å². The number of aromatic nitrogens is 2. The van der Waals surface area contributed by atoms with Crippen LogP contribution in [0.1, 0.15) is 0 Å². The predicted octanol–water partition coefficient (Wildman–Crippen LogP) is 4.46. The summed E-state index contributed by atoms with van der Waals surface area (Å²) in [6.07, 6.45) is 7.18. The number of halogens is 1. The van der Waals surface area contributed by atoms with Crippen molar-refractivity contribution < 1.29 is 0 Å². The predicted molar refractivity (Wildman–Crippen MR) is 77.9 cm³/mol. The van der Waals surface area contributed by atoms with Crippen molar-refractivity contribution >= 4 is 11.6 Å². The van der Waals surface area contributed by atoms with Gasteiger partial charge in [-0.2, -0.15) is 0 Å². The highest BCUT2D eigenvalue weighted by atomic mass is 35.5. The van der Waals surface area contributed by atoms with Gasteiger partial charge >= 0.3 is 0 Å². The summed E-state index contributed by atoms with van der Waals surface area (Å²) in [7, 11) is 0. The molecule has 2 heterocycles. The molecule has 19 heavy (non-hydrogen) atoms. The third kappa shape index (κ3) is 2.35. The molecule has 0 aliphatic heterocycles. The van der Waals surface area contributed by atoms with Crippen LogP contribution in [-0.2, 0) is 0 Å². The van der Waals surface area contributed by atoms with Crippen LogP contribution in [0.3, 0.4) is 0 Å². The largest absolute Gasteiger partial charge is 0.264 e. The topological polar surface area (TPSA) is 25.8 Å². The molecule has 0 fully saturated rings. The maximum Gasteiger partial charge on any atom is 0.0491 e. The molecular formula is C16H11ClN2. The number of hydrogen-bond acceptors (Lipinski definition) is 2. The smallest absolute Gasteiger partial charge is 0.0491 e. The molecule has 0 bridgehead atoms. The first-order chi connectivity index (χ1) is 9.36. The van der Waals surface area contributed by atoms with Crippen LogP contribution in [0, 0.1) is 0 Å². The third-order valence-electron chi connectivity index (χ3n) is 2.94. The number of nitrogens with zero attached hydrogens (tertiary/aromatic N) is 2. The highest BCUT2D eigenvalue weighted by Crippen LogP contribution is 2.36. The van der Waals surface area contributed by atoms with Crippen molar-refractivity contribution in [1.29, 1.82) is 0 Å². The first-order valence-corrected chi connectivity index (χ1v) is 6.33. The zero-order valence-corrected chi connectivity index (χ0v) is 10.9. The Balaban J connectivity index is 2.25. The van der Waals surface area contributed by atoms with Gasteiger partial charge in [0.25, 0.3) is 0 Å². The molecule has 2 nitrogen and oxygen atoms in total. The fourth-order valence-electron chi connectivity index (χ4n) is 2.09. The highest BCUT2D eigenvalue weighted by Gasteiger charge is 2.11. The van der Waals surface area contributed by atoms with Crippen molar-refractivity contribution in [3.05, 3.63) is 72.3 Å². The van der Waals surface area contributed by atoms with E-state index in [4.69, 9.17) is 11.6 Å². The molecular weight excluding hydrogens is 256 g/mol. The Labute approximate surface area is 116 Å². The summed E-state index contributed by atoms with van der Waals surface area (Å²) in [5.74, 6) is 0. The molecule has 3 aromatic rings. The maximum atomic E-state index is 6.37. The number of rotatable bonds is 2. The summed E-state index contributed by atoms with van der Waals surface area (Å²) in [4.78, 5) is 8.33. The van der Waals surface area contributed by atoms with Gasteiger partial charge in [-0.25, -0.2) is 0 Å². The lowest BCUT2D eigenvalue weighted by Crippen LogP contribution is -1.87. The Morgan fingerprint density at radius 2 is 1.42 bits per heavy atom. The second-order valence-electron chi connectivity index (χ2n) is 4.15. The standard InChI is InChI=1S/C16H11ClN2/c17-15-7-1-6-14(12-4-2-8-18-10-12)16(15)13-5-3-9-19-11-13/h1-11H. The van der Waals surface area contributed by atoms with Crippen LogP contribution in [0.5, 0.6) is 0 Å². The minimum Gasteiger partial charge on any atom is -0.264 e. The monoisotopic (exact) mass is 266 g/mol. The van der Waals surface area contributed by atoms with Crippen molar-refractivity contribution in [2.75, 3.05) is 0 Å². The van der Waals surface area contributed by atoms with Gasteiger partial charge in [0.1, 0.15) is 0 Å². The molecule has 0 spiro atoms. The van der Waals surface area contributed by atoms with Gasteiger partial charge in [0.05, 0.1) is 0 Å². The quantitative estimate of drug-likeness (QED) is 0.684. The molecule has 0 atom stereocenters. The van der Waals surface area contributed by atoms with Crippen molar-refractivity contribution in [2.24, 2.45) is 0 Å². The minimum absolute atomic E-state index is 0.717. The molecule has 2 aromatic heterocycles.